The molecule has 2 N–H and O–H groups in total. The van der Waals surface area contributed by atoms with Crippen LogP contribution in [0.4, 0.5) is 5.00 Å². The Morgan fingerprint density at radius 3 is 2.63 bits per heavy atom. The molecule has 4 rings (SSSR count). The summed E-state index contributed by atoms with van der Waals surface area (Å²) in [6, 6.07) is 12.3. The van der Waals surface area contributed by atoms with Crippen LogP contribution < -0.4 is 5.32 Å². The summed E-state index contributed by atoms with van der Waals surface area (Å²) in [7, 11) is 0. The van der Waals surface area contributed by atoms with Crippen LogP contribution >= 0.6 is 22.9 Å². The lowest BCUT2D eigenvalue weighted by Crippen LogP contribution is -2.14. The standard InChI is InChI=1S/C19H12ClN3O3S/c20-12-6-4-11(5-7-12)13-10-27-18(16(13)19(25)26)22-17(24)14-9-23-8-2-1-3-15(23)21-14/h1-10H,(H,22,24)(H,25,26). The Morgan fingerprint density at radius 2 is 1.93 bits per heavy atom. The molecule has 0 saturated heterocycles. The van der Waals surface area contributed by atoms with Crippen molar-refractivity contribution in [2.45, 2.75) is 0 Å². The maximum atomic E-state index is 12.6. The van der Waals surface area contributed by atoms with E-state index < -0.39 is 11.9 Å². The molecule has 27 heavy (non-hydrogen) atoms. The molecule has 0 aliphatic heterocycles. The average Bonchev–Trinajstić information content (AvgIpc) is 3.26. The first-order valence-electron chi connectivity index (χ1n) is 7.89. The van der Waals surface area contributed by atoms with Gasteiger partial charge in [-0.05, 0) is 29.8 Å². The van der Waals surface area contributed by atoms with Gasteiger partial charge in [-0.3, -0.25) is 4.79 Å². The molecule has 0 atom stereocenters. The van der Waals surface area contributed by atoms with E-state index in [1.165, 1.54) is 0 Å². The highest BCUT2D eigenvalue weighted by atomic mass is 35.5. The quantitative estimate of drug-likeness (QED) is 0.524. The number of nitrogens with one attached hydrogen (secondary N) is 1. The molecule has 3 aromatic heterocycles. The lowest BCUT2D eigenvalue weighted by Gasteiger charge is -2.05. The molecule has 0 radical (unpaired) electrons. The molecular formula is C19H12ClN3O3S. The van der Waals surface area contributed by atoms with Gasteiger partial charge in [0.05, 0.1) is 0 Å². The van der Waals surface area contributed by atoms with Crippen molar-refractivity contribution >= 4 is 45.5 Å². The molecule has 0 aliphatic carbocycles. The number of carbonyl (C=O) groups is 2. The Morgan fingerprint density at radius 1 is 1.15 bits per heavy atom. The molecule has 1 aromatic carbocycles. The van der Waals surface area contributed by atoms with Crippen molar-refractivity contribution in [3.05, 3.63) is 76.5 Å². The Labute approximate surface area is 162 Å². The summed E-state index contributed by atoms with van der Waals surface area (Å²) in [5.41, 5.74) is 2.11. The molecule has 0 spiro atoms. The second-order valence-electron chi connectivity index (χ2n) is 5.71. The largest absolute Gasteiger partial charge is 0.478 e. The van der Waals surface area contributed by atoms with Crippen molar-refractivity contribution in [1.82, 2.24) is 9.38 Å². The number of nitrogens with zero attached hydrogens (tertiary/aromatic N) is 2. The van der Waals surface area contributed by atoms with Crippen LogP contribution in [0.5, 0.6) is 0 Å². The van der Waals surface area contributed by atoms with E-state index in [1.54, 1.807) is 52.5 Å². The van der Waals surface area contributed by atoms with E-state index in [-0.39, 0.29) is 16.3 Å². The number of benzene rings is 1. The third-order valence-corrected chi connectivity index (χ3v) is 5.13. The second kappa shape index (κ2) is 6.86. The van der Waals surface area contributed by atoms with Crippen LogP contribution in [0, 0.1) is 0 Å². The van der Waals surface area contributed by atoms with Gasteiger partial charge in [0.1, 0.15) is 21.9 Å². The molecule has 1 amide bonds. The molecular weight excluding hydrogens is 386 g/mol. The third kappa shape index (κ3) is 3.30. The van der Waals surface area contributed by atoms with Crippen molar-refractivity contribution in [1.29, 1.82) is 0 Å². The second-order valence-corrected chi connectivity index (χ2v) is 7.03. The number of carbonyl (C=O) groups excluding carboxylic acids is 1. The van der Waals surface area contributed by atoms with Crippen molar-refractivity contribution < 1.29 is 14.7 Å². The Hall–Kier alpha value is -3.16. The summed E-state index contributed by atoms with van der Waals surface area (Å²) < 4.78 is 1.72. The van der Waals surface area contributed by atoms with E-state index in [0.717, 1.165) is 11.3 Å². The van der Waals surface area contributed by atoms with Crippen LogP contribution in [0.15, 0.2) is 60.2 Å². The van der Waals surface area contributed by atoms with Gasteiger partial charge in [0.15, 0.2) is 0 Å². The highest BCUT2D eigenvalue weighted by Gasteiger charge is 2.22. The molecule has 0 bridgehead atoms. The third-order valence-electron chi connectivity index (χ3n) is 3.98. The van der Waals surface area contributed by atoms with E-state index in [0.29, 0.717) is 21.8 Å². The summed E-state index contributed by atoms with van der Waals surface area (Å²) in [6.45, 7) is 0. The predicted octanol–water partition coefficient (Wildman–Crippen LogP) is 4.67. The SMILES string of the molecule is O=C(Nc1scc(-c2ccc(Cl)cc2)c1C(=O)O)c1cn2ccccc2n1. The zero-order chi connectivity index (χ0) is 19.0. The zero-order valence-corrected chi connectivity index (χ0v) is 15.3. The summed E-state index contributed by atoms with van der Waals surface area (Å²) >= 11 is 7.05. The monoisotopic (exact) mass is 397 g/mol. The Kier molecular flexibility index (Phi) is 4.39. The van der Waals surface area contributed by atoms with Crippen LogP contribution in [-0.4, -0.2) is 26.4 Å². The van der Waals surface area contributed by atoms with Crippen LogP contribution in [0.3, 0.4) is 0 Å². The maximum absolute atomic E-state index is 12.6. The molecule has 134 valence electrons. The lowest BCUT2D eigenvalue weighted by molar-refractivity contribution is 0.0699. The van der Waals surface area contributed by atoms with Crippen molar-refractivity contribution in [2.24, 2.45) is 0 Å². The number of rotatable bonds is 4. The number of carboxylic acids is 1. The van der Waals surface area contributed by atoms with Gasteiger partial charge in [0, 0.05) is 28.4 Å². The molecule has 0 aliphatic rings. The number of hydrogen-bond acceptors (Lipinski definition) is 4. The number of fused-ring (bicyclic) bond motifs is 1. The summed E-state index contributed by atoms with van der Waals surface area (Å²) in [5.74, 6) is -1.59. The number of amides is 1. The van der Waals surface area contributed by atoms with Crippen LogP contribution in [0.1, 0.15) is 20.8 Å². The Bertz CT molecular complexity index is 1130. The zero-order valence-electron chi connectivity index (χ0n) is 13.7. The number of aromatic carboxylic acids is 1. The maximum Gasteiger partial charge on any atom is 0.339 e. The summed E-state index contributed by atoms with van der Waals surface area (Å²) in [5, 5.41) is 14.8. The van der Waals surface area contributed by atoms with E-state index in [4.69, 9.17) is 11.6 Å². The van der Waals surface area contributed by atoms with Gasteiger partial charge in [-0.2, -0.15) is 0 Å². The fourth-order valence-electron chi connectivity index (χ4n) is 2.72. The van der Waals surface area contributed by atoms with Gasteiger partial charge in [-0.15, -0.1) is 11.3 Å². The van der Waals surface area contributed by atoms with Gasteiger partial charge >= 0.3 is 5.97 Å². The van der Waals surface area contributed by atoms with E-state index >= 15 is 0 Å². The molecule has 6 nitrogen and oxygen atoms in total. The van der Waals surface area contributed by atoms with Crippen LogP contribution in [-0.2, 0) is 0 Å². The normalized spacial score (nSPS) is 10.9. The first kappa shape index (κ1) is 17.3. The summed E-state index contributed by atoms with van der Waals surface area (Å²) in [6.07, 6.45) is 3.38. The number of aromatic nitrogens is 2. The minimum atomic E-state index is -1.12. The van der Waals surface area contributed by atoms with Crippen molar-refractivity contribution in [2.75, 3.05) is 5.32 Å². The number of halogens is 1. The van der Waals surface area contributed by atoms with Gasteiger partial charge in [-0.1, -0.05) is 29.8 Å². The number of thiophene rings is 1. The lowest BCUT2D eigenvalue weighted by atomic mass is 10.0. The topological polar surface area (TPSA) is 83.7 Å². The molecule has 8 heteroatoms. The van der Waals surface area contributed by atoms with Gasteiger partial charge in [0.2, 0.25) is 0 Å². The van der Waals surface area contributed by atoms with Crippen molar-refractivity contribution in [3.63, 3.8) is 0 Å². The van der Waals surface area contributed by atoms with E-state index in [9.17, 15) is 14.7 Å². The van der Waals surface area contributed by atoms with E-state index in [2.05, 4.69) is 10.3 Å². The highest BCUT2D eigenvalue weighted by molar-refractivity contribution is 7.15. The average molecular weight is 398 g/mol. The van der Waals surface area contributed by atoms with Crippen LogP contribution in [0.2, 0.25) is 5.02 Å². The van der Waals surface area contributed by atoms with E-state index in [1.807, 2.05) is 12.1 Å². The van der Waals surface area contributed by atoms with Gasteiger partial charge in [0.25, 0.3) is 5.91 Å². The Balaban J connectivity index is 1.68. The molecule has 0 unspecified atom stereocenters. The molecule has 0 saturated carbocycles. The predicted molar refractivity (Wildman–Crippen MR) is 105 cm³/mol. The molecule has 4 aromatic rings. The molecule has 0 fully saturated rings. The number of pyridine rings is 1. The fraction of sp³-hybridized carbons (Fsp3) is 0. The fourth-order valence-corrected chi connectivity index (χ4v) is 3.80. The van der Waals surface area contributed by atoms with Gasteiger partial charge < -0.3 is 14.8 Å². The van der Waals surface area contributed by atoms with Crippen LogP contribution in [0.25, 0.3) is 16.8 Å². The number of imidazole rings is 1. The minimum absolute atomic E-state index is 0.0411. The first-order chi connectivity index (χ1) is 13.0. The summed E-state index contributed by atoms with van der Waals surface area (Å²) in [4.78, 5) is 28.6. The number of hydrogen-bond donors (Lipinski definition) is 2. The van der Waals surface area contributed by atoms with Gasteiger partial charge in [-0.25, -0.2) is 9.78 Å². The first-order valence-corrected chi connectivity index (χ1v) is 9.14. The number of anilines is 1. The highest BCUT2D eigenvalue weighted by Crippen LogP contribution is 2.36. The minimum Gasteiger partial charge on any atom is -0.478 e. The molecule has 3 heterocycles. The van der Waals surface area contributed by atoms with Crippen molar-refractivity contribution in [3.8, 4) is 11.1 Å². The number of carboxylic acid groups (broad SMARTS) is 1. The smallest absolute Gasteiger partial charge is 0.339 e.